The highest BCUT2D eigenvalue weighted by Gasteiger charge is 1.96. The van der Waals surface area contributed by atoms with Crippen LogP contribution in [0.3, 0.4) is 0 Å². The van der Waals surface area contributed by atoms with E-state index >= 15 is 0 Å². The van der Waals surface area contributed by atoms with Gasteiger partial charge in [0.1, 0.15) is 0 Å². The Hall–Kier alpha value is -1.42. The van der Waals surface area contributed by atoms with Crippen molar-refractivity contribution in [2.45, 2.75) is 20.1 Å². The Morgan fingerprint density at radius 1 is 1.43 bits per heavy atom. The number of hydrogen-bond acceptors (Lipinski definition) is 4. The third kappa shape index (κ3) is 3.53. The molecule has 4 nitrogen and oxygen atoms in total. The average Bonchev–Trinajstić information content (AvgIpc) is 2.17. The van der Waals surface area contributed by atoms with E-state index in [4.69, 9.17) is 4.74 Å². The molecule has 0 bridgehead atoms. The fraction of sp³-hybridized carbons (Fsp3) is 0.400. The fourth-order valence-corrected chi connectivity index (χ4v) is 0.948. The number of nitrogens with zero attached hydrogens (tertiary/aromatic N) is 2. The van der Waals surface area contributed by atoms with Gasteiger partial charge >= 0.3 is 0 Å². The molecule has 1 N–H and O–H groups in total. The summed E-state index contributed by atoms with van der Waals surface area (Å²) in [6, 6.07) is 3.84. The van der Waals surface area contributed by atoms with Gasteiger partial charge in [-0.05, 0) is 19.1 Å². The maximum absolute atomic E-state index is 4.93. The highest BCUT2D eigenvalue weighted by Crippen LogP contribution is 1.98. The third-order valence-corrected chi connectivity index (χ3v) is 1.64. The maximum atomic E-state index is 4.93. The van der Waals surface area contributed by atoms with Crippen molar-refractivity contribution in [3.05, 3.63) is 35.8 Å². The molecular weight excluding hydrogens is 178 g/mol. The molecule has 0 saturated heterocycles. The molecule has 0 unspecified atom stereocenters. The van der Waals surface area contributed by atoms with Crippen molar-refractivity contribution >= 4 is 0 Å². The molecule has 0 aliphatic rings. The summed E-state index contributed by atoms with van der Waals surface area (Å²) < 4.78 is 4.93. The van der Waals surface area contributed by atoms with E-state index in [9.17, 15) is 0 Å². The predicted molar refractivity (Wildman–Crippen MR) is 54.4 cm³/mol. The summed E-state index contributed by atoms with van der Waals surface area (Å²) in [5, 5.41) is 11.1. The third-order valence-electron chi connectivity index (χ3n) is 1.64. The van der Waals surface area contributed by atoms with Crippen LogP contribution in [0.1, 0.15) is 18.3 Å². The second kappa shape index (κ2) is 5.34. The van der Waals surface area contributed by atoms with Crippen molar-refractivity contribution in [3.8, 4) is 0 Å². The molecule has 0 aromatic carbocycles. The Bertz CT molecular complexity index is 295. The van der Waals surface area contributed by atoms with Crippen LogP contribution < -0.4 is 5.32 Å². The lowest BCUT2D eigenvalue weighted by Gasteiger charge is -2.04. The van der Waals surface area contributed by atoms with Crippen LogP contribution in [0.4, 0.5) is 0 Å². The van der Waals surface area contributed by atoms with E-state index in [0.29, 0.717) is 13.2 Å². The van der Waals surface area contributed by atoms with E-state index in [2.05, 4.69) is 22.1 Å². The van der Waals surface area contributed by atoms with Gasteiger partial charge < -0.3 is 10.1 Å². The highest BCUT2D eigenvalue weighted by molar-refractivity contribution is 5.06. The van der Waals surface area contributed by atoms with Crippen molar-refractivity contribution in [1.29, 1.82) is 0 Å². The van der Waals surface area contributed by atoms with Gasteiger partial charge in [-0.1, -0.05) is 6.58 Å². The van der Waals surface area contributed by atoms with Crippen LogP contribution in [0.5, 0.6) is 0 Å². The SMILES string of the molecule is C=C(C)NCc1ccc(COC)nn1. The average molecular weight is 193 g/mol. The second-order valence-electron chi connectivity index (χ2n) is 3.08. The molecule has 14 heavy (non-hydrogen) atoms. The first-order chi connectivity index (χ1) is 6.72. The van der Waals surface area contributed by atoms with Crippen LogP contribution in [0.2, 0.25) is 0 Å². The highest BCUT2D eigenvalue weighted by atomic mass is 16.5. The number of ether oxygens (including phenoxy) is 1. The summed E-state index contributed by atoms with van der Waals surface area (Å²) in [6.07, 6.45) is 0. The van der Waals surface area contributed by atoms with Crippen LogP contribution in [0.15, 0.2) is 24.4 Å². The van der Waals surface area contributed by atoms with E-state index in [-0.39, 0.29) is 0 Å². The number of methoxy groups -OCH3 is 1. The molecule has 0 amide bonds. The van der Waals surface area contributed by atoms with Crippen molar-refractivity contribution in [2.24, 2.45) is 0 Å². The maximum Gasteiger partial charge on any atom is 0.0902 e. The first-order valence-corrected chi connectivity index (χ1v) is 4.42. The molecule has 1 heterocycles. The lowest BCUT2D eigenvalue weighted by Crippen LogP contribution is -2.11. The standard InChI is InChI=1S/C10H15N3O/c1-8(2)11-6-9-4-5-10(7-14-3)13-12-9/h4-5,11H,1,6-7H2,2-3H3. The van der Waals surface area contributed by atoms with Gasteiger partial charge in [0.25, 0.3) is 0 Å². The molecule has 0 aliphatic heterocycles. The minimum absolute atomic E-state index is 0.501. The number of rotatable bonds is 5. The largest absolute Gasteiger partial charge is 0.383 e. The Morgan fingerprint density at radius 2 is 2.07 bits per heavy atom. The molecule has 76 valence electrons. The smallest absolute Gasteiger partial charge is 0.0902 e. The zero-order valence-corrected chi connectivity index (χ0v) is 8.58. The van der Waals surface area contributed by atoms with Gasteiger partial charge in [-0.2, -0.15) is 10.2 Å². The van der Waals surface area contributed by atoms with Crippen molar-refractivity contribution in [1.82, 2.24) is 15.5 Å². The molecule has 1 aromatic heterocycles. The molecule has 0 atom stereocenters. The van der Waals surface area contributed by atoms with Crippen molar-refractivity contribution in [3.63, 3.8) is 0 Å². The van der Waals surface area contributed by atoms with E-state index in [1.54, 1.807) is 7.11 Å². The summed E-state index contributed by atoms with van der Waals surface area (Å²) in [4.78, 5) is 0. The second-order valence-corrected chi connectivity index (χ2v) is 3.08. The van der Waals surface area contributed by atoms with Gasteiger partial charge in [0.2, 0.25) is 0 Å². The van der Waals surface area contributed by atoms with Gasteiger partial charge in [0.05, 0.1) is 24.5 Å². The van der Waals surface area contributed by atoms with Crippen molar-refractivity contribution in [2.75, 3.05) is 7.11 Å². The predicted octanol–water partition coefficient (Wildman–Crippen LogP) is 1.25. The molecule has 1 aromatic rings. The zero-order valence-electron chi connectivity index (χ0n) is 8.58. The molecule has 1 rings (SSSR count). The number of hydrogen-bond donors (Lipinski definition) is 1. The molecule has 0 saturated carbocycles. The minimum atomic E-state index is 0.501. The quantitative estimate of drug-likeness (QED) is 0.764. The van der Waals surface area contributed by atoms with E-state index < -0.39 is 0 Å². The number of aromatic nitrogens is 2. The van der Waals surface area contributed by atoms with Gasteiger partial charge in [-0.25, -0.2) is 0 Å². The summed E-state index contributed by atoms with van der Waals surface area (Å²) in [5.41, 5.74) is 2.66. The molecule has 0 radical (unpaired) electrons. The first kappa shape index (κ1) is 10.7. The summed E-state index contributed by atoms with van der Waals surface area (Å²) in [5.74, 6) is 0. The lowest BCUT2D eigenvalue weighted by molar-refractivity contribution is 0.180. The summed E-state index contributed by atoms with van der Waals surface area (Å²) in [6.45, 7) is 6.81. The molecule has 0 aliphatic carbocycles. The van der Waals surface area contributed by atoms with Crippen LogP contribution >= 0.6 is 0 Å². The van der Waals surface area contributed by atoms with E-state index in [0.717, 1.165) is 17.1 Å². The molecule has 0 spiro atoms. The Balaban J connectivity index is 2.50. The fourth-order valence-electron chi connectivity index (χ4n) is 0.948. The lowest BCUT2D eigenvalue weighted by atomic mass is 10.3. The summed E-state index contributed by atoms with van der Waals surface area (Å²) >= 11 is 0. The monoisotopic (exact) mass is 193 g/mol. The van der Waals surface area contributed by atoms with Crippen LogP contribution in [0, 0.1) is 0 Å². The van der Waals surface area contributed by atoms with Crippen molar-refractivity contribution < 1.29 is 4.74 Å². The topological polar surface area (TPSA) is 47.0 Å². The Kier molecular flexibility index (Phi) is 4.07. The Labute approximate surface area is 84.0 Å². The van der Waals surface area contributed by atoms with Crippen LogP contribution in [-0.2, 0) is 17.9 Å². The van der Waals surface area contributed by atoms with E-state index in [1.807, 2.05) is 19.1 Å². The zero-order chi connectivity index (χ0) is 10.4. The first-order valence-electron chi connectivity index (χ1n) is 4.42. The Morgan fingerprint density at radius 3 is 2.57 bits per heavy atom. The van der Waals surface area contributed by atoms with Gasteiger partial charge in [0.15, 0.2) is 0 Å². The normalized spacial score (nSPS) is 9.86. The molecule has 4 heteroatoms. The number of allylic oxidation sites excluding steroid dienone is 1. The molecular formula is C10H15N3O. The summed E-state index contributed by atoms with van der Waals surface area (Å²) in [7, 11) is 1.64. The van der Waals surface area contributed by atoms with Gasteiger partial charge in [-0.15, -0.1) is 0 Å². The van der Waals surface area contributed by atoms with Gasteiger partial charge in [0, 0.05) is 12.8 Å². The van der Waals surface area contributed by atoms with Crippen LogP contribution in [0.25, 0.3) is 0 Å². The van der Waals surface area contributed by atoms with Gasteiger partial charge in [-0.3, -0.25) is 0 Å². The number of nitrogens with one attached hydrogen (secondary N) is 1. The van der Waals surface area contributed by atoms with Crippen LogP contribution in [-0.4, -0.2) is 17.3 Å². The minimum Gasteiger partial charge on any atom is -0.383 e. The molecule has 0 fully saturated rings. The van der Waals surface area contributed by atoms with E-state index in [1.165, 1.54) is 0 Å².